The fourth-order valence-electron chi connectivity index (χ4n) is 3.86. The Labute approximate surface area is 180 Å². The van der Waals surface area contributed by atoms with E-state index in [9.17, 15) is 14.0 Å². The molecule has 1 saturated heterocycles. The van der Waals surface area contributed by atoms with Crippen molar-refractivity contribution in [1.82, 2.24) is 14.5 Å². The van der Waals surface area contributed by atoms with Gasteiger partial charge in [-0.3, -0.25) is 9.59 Å². The van der Waals surface area contributed by atoms with Crippen LogP contribution in [0.1, 0.15) is 34.6 Å². The molecule has 1 fully saturated rings. The number of hydrogen-bond donors (Lipinski definition) is 1. The Bertz CT molecular complexity index is 1060. The summed E-state index contributed by atoms with van der Waals surface area (Å²) < 4.78 is 15.2. The van der Waals surface area contributed by atoms with Gasteiger partial charge < -0.3 is 14.8 Å². The van der Waals surface area contributed by atoms with Crippen molar-refractivity contribution < 1.29 is 14.0 Å². The lowest BCUT2D eigenvalue weighted by atomic mass is 9.96. The van der Waals surface area contributed by atoms with E-state index in [-0.39, 0.29) is 23.5 Å². The van der Waals surface area contributed by atoms with Gasteiger partial charge in [-0.25, -0.2) is 9.37 Å². The first kappa shape index (κ1) is 20.8. The minimum atomic E-state index is -0.376. The SMILES string of the molecule is Cc1nccn1Cc1ccc(NC(=O)C2CCCN(C(=O)c3ccc(F)cc3)C2)cc1. The fraction of sp³-hybridized carbons (Fsp3) is 0.292. The maximum Gasteiger partial charge on any atom is 0.253 e. The van der Waals surface area contributed by atoms with Crippen LogP contribution in [0.5, 0.6) is 0 Å². The molecule has 1 aliphatic heterocycles. The van der Waals surface area contributed by atoms with Gasteiger partial charge in [0.1, 0.15) is 11.6 Å². The van der Waals surface area contributed by atoms with Crippen LogP contribution in [0.4, 0.5) is 10.1 Å². The van der Waals surface area contributed by atoms with Crippen molar-refractivity contribution in [3.63, 3.8) is 0 Å². The van der Waals surface area contributed by atoms with E-state index in [1.165, 1.54) is 24.3 Å². The van der Waals surface area contributed by atoms with Crippen LogP contribution in [0.15, 0.2) is 60.9 Å². The minimum absolute atomic E-state index is 0.0881. The number of imidazole rings is 1. The zero-order valence-corrected chi connectivity index (χ0v) is 17.4. The first-order valence-corrected chi connectivity index (χ1v) is 10.4. The van der Waals surface area contributed by atoms with Crippen molar-refractivity contribution in [2.24, 2.45) is 5.92 Å². The molecule has 1 N–H and O–H groups in total. The van der Waals surface area contributed by atoms with Gasteiger partial charge in [-0.05, 0) is 61.7 Å². The van der Waals surface area contributed by atoms with Crippen LogP contribution in [-0.4, -0.2) is 39.4 Å². The predicted molar refractivity (Wildman–Crippen MR) is 116 cm³/mol. The zero-order valence-electron chi connectivity index (χ0n) is 17.4. The molecule has 2 aromatic carbocycles. The molecule has 1 atom stereocenters. The Morgan fingerprint density at radius 1 is 1.13 bits per heavy atom. The van der Waals surface area contributed by atoms with Crippen molar-refractivity contribution in [2.75, 3.05) is 18.4 Å². The van der Waals surface area contributed by atoms with Crippen LogP contribution in [-0.2, 0) is 11.3 Å². The number of anilines is 1. The van der Waals surface area contributed by atoms with Crippen molar-refractivity contribution in [3.8, 4) is 0 Å². The van der Waals surface area contributed by atoms with E-state index in [0.29, 0.717) is 18.7 Å². The van der Waals surface area contributed by atoms with E-state index in [2.05, 4.69) is 14.9 Å². The van der Waals surface area contributed by atoms with Gasteiger partial charge in [-0.2, -0.15) is 0 Å². The Morgan fingerprint density at radius 2 is 1.87 bits per heavy atom. The molecule has 6 nitrogen and oxygen atoms in total. The number of likely N-dealkylation sites (tertiary alicyclic amines) is 1. The van der Waals surface area contributed by atoms with Crippen molar-refractivity contribution in [2.45, 2.75) is 26.3 Å². The molecule has 31 heavy (non-hydrogen) atoms. The summed E-state index contributed by atoms with van der Waals surface area (Å²) >= 11 is 0. The molecule has 0 spiro atoms. The van der Waals surface area contributed by atoms with Crippen molar-refractivity contribution >= 4 is 17.5 Å². The lowest BCUT2D eigenvalue weighted by Crippen LogP contribution is -2.43. The van der Waals surface area contributed by atoms with E-state index in [0.717, 1.165) is 36.5 Å². The molecule has 0 aliphatic carbocycles. The molecule has 2 amide bonds. The number of hydrogen-bond acceptors (Lipinski definition) is 3. The van der Waals surface area contributed by atoms with E-state index in [4.69, 9.17) is 0 Å². The number of rotatable bonds is 5. The molecule has 1 aromatic heterocycles. The van der Waals surface area contributed by atoms with Crippen LogP contribution < -0.4 is 5.32 Å². The smallest absolute Gasteiger partial charge is 0.253 e. The third kappa shape index (κ3) is 4.99. The van der Waals surface area contributed by atoms with Gasteiger partial charge in [0.25, 0.3) is 5.91 Å². The summed E-state index contributed by atoms with van der Waals surface area (Å²) in [6.07, 6.45) is 5.20. The zero-order chi connectivity index (χ0) is 21.8. The summed E-state index contributed by atoms with van der Waals surface area (Å²) in [7, 11) is 0. The van der Waals surface area contributed by atoms with Crippen molar-refractivity contribution in [1.29, 1.82) is 0 Å². The van der Waals surface area contributed by atoms with Crippen LogP contribution in [0.2, 0.25) is 0 Å². The van der Waals surface area contributed by atoms with Crippen LogP contribution in [0.3, 0.4) is 0 Å². The number of carbonyl (C=O) groups excluding carboxylic acids is 2. The fourth-order valence-corrected chi connectivity index (χ4v) is 3.86. The standard InChI is InChI=1S/C24H25FN4O2/c1-17-26-12-14-28(17)15-18-4-10-22(11-5-18)27-23(30)20-3-2-13-29(16-20)24(31)19-6-8-21(25)9-7-19/h4-12,14,20H,2-3,13,15-16H2,1H3,(H,27,30). The van der Waals surface area contributed by atoms with Gasteiger partial charge in [0.15, 0.2) is 0 Å². The Balaban J connectivity index is 1.35. The van der Waals surface area contributed by atoms with Crippen LogP contribution >= 0.6 is 0 Å². The van der Waals surface area contributed by atoms with Gasteiger partial charge in [-0.15, -0.1) is 0 Å². The van der Waals surface area contributed by atoms with E-state index >= 15 is 0 Å². The number of benzene rings is 2. The number of aryl methyl sites for hydroxylation is 1. The molecule has 160 valence electrons. The molecule has 4 rings (SSSR count). The maximum atomic E-state index is 13.1. The van der Waals surface area contributed by atoms with E-state index in [1.54, 1.807) is 11.1 Å². The van der Waals surface area contributed by atoms with Crippen LogP contribution in [0.25, 0.3) is 0 Å². The highest BCUT2D eigenvalue weighted by atomic mass is 19.1. The normalized spacial score (nSPS) is 16.2. The minimum Gasteiger partial charge on any atom is -0.338 e. The molecule has 1 unspecified atom stereocenters. The summed E-state index contributed by atoms with van der Waals surface area (Å²) in [6.45, 7) is 3.65. The number of amides is 2. The first-order chi connectivity index (χ1) is 15.0. The number of halogens is 1. The maximum absolute atomic E-state index is 13.1. The third-order valence-corrected chi connectivity index (χ3v) is 5.67. The van der Waals surface area contributed by atoms with Gasteiger partial charge in [0.05, 0.1) is 5.92 Å². The highest BCUT2D eigenvalue weighted by Crippen LogP contribution is 2.21. The Hall–Kier alpha value is -3.48. The average Bonchev–Trinajstić information content (AvgIpc) is 3.19. The second-order valence-electron chi connectivity index (χ2n) is 7.89. The molecule has 1 aliphatic rings. The van der Waals surface area contributed by atoms with Crippen molar-refractivity contribution in [3.05, 3.63) is 83.7 Å². The summed E-state index contributed by atoms with van der Waals surface area (Å²) in [5.74, 6) is 0.0472. The number of nitrogens with zero attached hydrogens (tertiary/aromatic N) is 3. The number of carbonyl (C=O) groups is 2. The molecule has 2 heterocycles. The molecular formula is C24H25FN4O2. The second kappa shape index (κ2) is 9.12. The third-order valence-electron chi connectivity index (χ3n) is 5.67. The van der Waals surface area contributed by atoms with E-state index < -0.39 is 0 Å². The first-order valence-electron chi connectivity index (χ1n) is 10.4. The predicted octanol–water partition coefficient (Wildman–Crippen LogP) is 3.87. The average molecular weight is 420 g/mol. The molecule has 3 aromatic rings. The van der Waals surface area contributed by atoms with Crippen LogP contribution in [0, 0.1) is 18.7 Å². The molecule has 0 bridgehead atoms. The molecule has 0 saturated carbocycles. The summed E-state index contributed by atoms with van der Waals surface area (Å²) in [6, 6.07) is 13.3. The summed E-state index contributed by atoms with van der Waals surface area (Å²) in [5, 5.41) is 2.97. The highest BCUT2D eigenvalue weighted by Gasteiger charge is 2.29. The molecule has 0 radical (unpaired) electrons. The highest BCUT2D eigenvalue weighted by molar-refractivity contribution is 5.96. The number of piperidine rings is 1. The Kier molecular flexibility index (Phi) is 6.11. The molecular weight excluding hydrogens is 395 g/mol. The monoisotopic (exact) mass is 420 g/mol. The summed E-state index contributed by atoms with van der Waals surface area (Å²) in [4.78, 5) is 31.4. The number of aromatic nitrogens is 2. The lowest BCUT2D eigenvalue weighted by Gasteiger charge is -2.32. The van der Waals surface area contributed by atoms with E-state index in [1.807, 2.05) is 37.4 Å². The largest absolute Gasteiger partial charge is 0.338 e. The summed E-state index contributed by atoms with van der Waals surface area (Å²) in [5.41, 5.74) is 2.29. The second-order valence-corrected chi connectivity index (χ2v) is 7.89. The van der Waals surface area contributed by atoms with Gasteiger partial charge in [0, 0.05) is 43.3 Å². The number of nitrogens with one attached hydrogen (secondary N) is 1. The van der Waals surface area contributed by atoms with Gasteiger partial charge in [0.2, 0.25) is 5.91 Å². The Morgan fingerprint density at radius 3 is 2.55 bits per heavy atom. The lowest BCUT2D eigenvalue weighted by molar-refractivity contribution is -0.121. The quantitative estimate of drug-likeness (QED) is 0.681. The van der Waals surface area contributed by atoms with Gasteiger partial charge >= 0.3 is 0 Å². The molecule has 7 heteroatoms. The topological polar surface area (TPSA) is 67.2 Å². The van der Waals surface area contributed by atoms with Gasteiger partial charge in [-0.1, -0.05) is 12.1 Å².